The Labute approximate surface area is 162 Å². The van der Waals surface area contributed by atoms with Crippen molar-refractivity contribution in [3.63, 3.8) is 0 Å². The number of rotatable bonds is 3. The summed E-state index contributed by atoms with van der Waals surface area (Å²) in [5.74, 6) is 0.583. The second kappa shape index (κ2) is 6.79. The third-order valence-corrected chi connectivity index (χ3v) is 5.97. The fraction of sp³-hybridized carbons (Fsp3) is 0.458. The molecule has 4 rings (SSSR count). The van der Waals surface area contributed by atoms with Crippen LogP contribution in [0.15, 0.2) is 42.5 Å². The fourth-order valence-corrected chi connectivity index (χ4v) is 4.47. The second-order valence-corrected chi connectivity index (χ2v) is 9.11. The topological polar surface area (TPSA) is 43.8 Å². The Morgan fingerprint density at radius 1 is 1.04 bits per heavy atom. The molecular weight excluding hydrogens is 330 g/mol. The van der Waals surface area contributed by atoms with Crippen LogP contribution in [0.25, 0.3) is 22.2 Å². The number of hydrogen-bond acceptors (Lipinski definition) is 2. The number of benzene rings is 2. The Kier molecular flexibility index (Phi) is 4.59. The third-order valence-electron chi connectivity index (χ3n) is 5.97. The Bertz CT molecular complexity index is 938. The van der Waals surface area contributed by atoms with Gasteiger partial charge in [-0.05, 0) is 58.1 Å². The highest BCUT2D eigenvalue weighted by Gasteiger charge is 2.28. The van der Waals surface area contributed by atoms with Crippen LogP contribution in [0.2, 0.25) is 0 Å². The van der Waals surface area contributed by atoms with Gasteiger partial charge in [-0.15, -0.1) is 0 Å². The number of aromatic nitrogens is 2. The van der Waals surface area contributed by atoms with Crippen LogP contribution in [0.1, 0.15) is 63.6 Å². The molecule has 1 aromatic heterocycles. The molecule has 0 radical (unpaired) electrons. The zero-order chi connectivity index (χ0) is 19.2. The second-order valence-electron chi connectivity index (χ2n) is 9.11. The van der Waals surface area contributed by atoms with E-state index in [9.17, 15) is 0 Å². The highest BCUT2D eigenvalue weighted by Crippen LogP contribution is 2.40. The molecule has 2 N–H and O–H groups in total. The molecule has 1 fully saturated rings. The van der Waals surface area contributed by atoms with E-state index in [1.807, 2.05) is 0 Å². The number of nitrogens with two attached hydrogens (primary N) is 1. The molecule has 3 aromatic rings. The first-order valence-electron chi connectivity index (χ1n) is 10.2. The number of hydrogen-bond donors (Lipinski definition) is 1. The standard InChI is InChI=1S/C24H31N3/c1-16-12-14-18(15-13-16)23-21-19(22(25)17-8-5-6-9-17)10-7-11-20(21)27(26-23)24(2,3)4/h7,10-15,17,22H,5-6,8-9,25H2,1-4H3. The summed E-state index contributed by atoms with van der Waals surface area (Å²) in [6.07, 6.45) is 5.09. The maximum atomic E-state index is 6.82. The molecular formula is C24H31N3. The van der Waals surface area contributed by atoms with Crippen molar-refractivity contribution in [2.24, 2.45) is 11.7 Å². The van der Waals surface area contributed by atoms with E-state index >= 15 is 0 Å². The first kappa shape index (κ1) is 18.2. The van der Waals surface area contributed by atoms with E-state index in [2.05, 4.69) is 74.8 Å². The van der Waals surface area contributed by atoms with Crippen molar-refractivity contribution in [2.45, 2.75) is 65.0 Å². The maximum absolute atomic E-state index is 6.82. The third kappa shape index (κ3) is 3.29. The van der Waals surface area contributed by atoms with Gasteiger partial charge in [0, 0.05) is 17.0 Å². The molecule has 0 spiro atoms. The highest BCUT2D eigenvalue weighted by atomic mass is 15.3. The quantitative estimate of drug-likeness (QED) is 0.626. The molecule has 0 saturated heterocycles. The minimum atomic E-state index is -0.0860. The van der Waals surface area contributed by atoms with E-state index in [-0.39, 0.29) is 11.6 Å². The lowest BCUT2D eigenvalue weighted by molar-refractivity contribution is 0.369. The van der Waals surface area contributed by atoms with Crippen LogP contribution in [0.5, 0.6) is 0 Å². The highest BCUT2D eigenvalue weighted by molar-refractivity contribution is 5.96. The molecule has 0 bridgehead atoms. The Balaban J connectivity index is 1.96. The van der Waals surface area contributed by atoms with Crippen molar-refractivity contribution < 1.29 is 0 Å². The van der Waals surface area contributed by atoms with Gasteiger partial charge in [0.2, 0.25) is 0 Å². The summed E-state index contributed by atoms with van der Waals surface area (Å²) < 4.78 is 2.17. The predicted molar refractivity (Wildman–Crippen MR) is 114 cm³/mol. The summed E-state index contributed by atoms with van der Waals surface area (Å²) in [4.78, 5) is 0. The minimum absolute atomic E-state index is 0.0815. The van der Waals surface area contributed by atoms with Gasteiger partial charge in [0.15, 0.2) is 0 Å². The van der Waals surface area contributed by atoms with Gasteiger partial charge in [-0.25, -0.2) is 0 Å². The van der Waals surface area contributed by atoms with Gasteiger partial charge in [0.1, 0.15) is 5.69 Å². The SMILES string of the molecule is Cc1ccc(-c2nn(C(C)(C)C)c3cccc(C(N)C4CCCC4)c23)cc1. The van der Waals surface area contributed by atoms with E-state index in [0.717, 1.165) is 5.69 Å². The smallest absolute Gasteiger partial charge is 0.101 e. The average molecular weight is 362 g/mol. The monoisotopic (exact) mass is 361 g/mol. The van der Waals surface area contributed by atoms with Crippen LogP contribution in [0.4, 0.5) is 0 Å². The molecule has 0 amide bonds. The molecule has 3 nitrogen and oxygen atoms in total. The lowest BCUT2D eigenvalue weighted by Gasteiger charge is -2.22. The summed E-state index contributed by atoms with van der Waals surface area (Å²) in [5.41, 5.74) is 12.7. The molecule has 1 unspecified atom stereocenters. The van der Waals surface area contributed by atoms with Crippen LogP contribution in [-0.4, -0.2) is 9.78 Å². The largest absolute Gasteiger partial charge is 0.324 e. The molecule has 0 aliphatic heterocycles. The first-order chi connectivity index (χ1) is 12.9. The van der Waals surface area contributed by atoms with Crippen molar-refractivity contribution in [3.05, 3.63) is 53.6 Å². The average Bonchev–Trinajstić information content (AvgIpc) is 3.29. The summed E-state index contributed by atoms with van der Waals surface area (Å²) >= 11 is 0. The lowest BCUT2D eigenvalue weighted by atomic mass is 9.89. The molecule has 2 aromatic carbocycles. The normalized spacial score (nSPS) is 16.9. The van der Waals surface area contributed by atoms with Gasteiger partial charge >= 0.3 is 0 Å². The Morgan fingerprint density at radius 3 is 2.33 bits per heavy atom. The minimum Gasteiger partial charge on any atom is -0.324 e. The zero-order valence-electron chi connectivity index (χ0n) is 17.0. The van der Waals surface area contributed by atoms with Crippen LogP contribution >= 0.6 is 0 Å². The lowest BCUT2D eigenvalue weighted by Crippen LogP contribution is -2.23. The molecule has 3 heteroatoms. The summed E-state index contributed by atoms with van der Waals surface area (Å²) in [5, 5.41) is 6.32. The molecule has 1 aliphatic carbocycles. The molecule has 1 atom stereocenters. The maximum Gasteiger partial charge on any atom is 0.101 e. The van der Waals surface area contributed by atoms with Crippen molar-refractivity contribution in [1.29, 1.82) is 0 Å². The molecule has 1 saturated carbocycles. The van der Waals surface area contributed by atoms with E-state index < -0.39 is 0 Å². The Morgan fingerprint density at radius 2 is 1.70 bits per heavy atom. The molecule has 142 valence electrons. The summed E-state index contributed by atoms with van der Waals surface area (Å²) in [7, 11) is 0. The molecule has 27 heavy (non-hydrogen) atoms. The van der Waals surface area contributed by atoms with E-state index in [0.29, 0.717) is 5.92 Å². The Hall–Kier alpha value is -2.13. The van der Waals surface area contributed by atoms with Gasteiger partial charge in [-0.1, -0.05) is 54.8 Å². The number of aryl methyl sites for hydroxylation is 1. The van der Waals surface area contributed by atoms with Crippen LogP contribution < -0.4 is 5.73 Å². The van der Waals surface area contributed by atoms with Gasteiger partial charge < -0.3 is 5.73 Å². The fourth-order valence-electron chi connectivity index (χ4n) is 4.47. The summed E-state index contributed by atoms with van der Waals surface area (Å²) in [6, 6.07) is 15.3. The van der Waals surface area contributed by atoms with Crippen molar-refractivity contribution in [1.82, 2.24) is 9.78 Å². The van der Waals surface area contributed by atoms with E-state index in [4.69, 9.17) is 10.8 Å². The number of nitrogens with zero attached hydrogens (tertiary/aromatic N) is 2. The first-order valence-corrected chi connectivity index (χ1v) is 10.2. The number of fused-ring (bicyclic) bond motifs is 1. The van der Waals surface area contributed by atoms with Crippen LogP contribution in [0.3, 0.4) is 0 Å². The van der Waals surface area contributed by atoms with E-state index in [1.54, 1.807) is 0 Å². The van der Waals surface area contributed by atoms with Crippen molar-refractivity contribution >= 4 is 10.9 Å². The summed E-state index contributed by atoms with van der Waals surface area (Å²) in [6.45, 7) is 8.75. The molecule has 1 aliphatic rings. The van der Waals surface area contributed by atoms with Gasteiger partial charge in [0.25, 0.3) is 0 Å². The van der Waals surface area contributed by atoms with Crippen LogP contribution in [0, 0.1) is 12.8 Å². The van der Waals surface area contributed by atoms with Crippen LogP contribution in [-0.2, 0) is 5.54 Å². The predicted octanol–water partition coefficient (Wildman–Crippen LogP) is 5.96. The zero-order valence-corrected chi connectivity index (χ0v) is 17.0. The van der Waals surface area contributed by atoms with Gasteiger partial charge in [0.05, 0.1) is 11.1 Å². The van der Waals surface area contributed by atoms with E-state index in [1.165, 1.54) is 53.3 Å². The van der Waals surface area contributed by atoms with Crippen molar-refractivity contribution in [3.8, 4) is 11.3 Å². The van der Waals surface area contributed by atoms with Crippen molar-refractivity contribution in [2.75, 3.05) is 0 Å². The van der Waals surface area contributed by atoms with Gasteiger partial charge in [-0.3, -0.25) is 4.68 Å². The van der Waals surface area contributed by atoms with Gasteiger partial charge in [-0.2, -0.15) is 5.10 Å². The molecule has 1 heterocycles.